The van der Waals surface area contributed by atoms with Crippen molar-refractivity contribution in [2.24, 2.45) is 10.2 Å². The van der Waals surface area contributed by atoms with Gasteiger partial charge in [0.15, 0.2) is 5.04 Å². The largest absolute Gasteiger partial charge is 0.488 e. The van der Waals surface area contributed by atoms with Crippen LogP contribution >= 0.6 is 24.4 Å². The van der Waals surface area contributed by atoms with Gasteiger partial charge < -0.3 is 9.47 Å². The molecule has 0 bridgehead atoms. The quantitative estimate of drug-likeness (QED) is 0.161. The molecule has 0 saturated carbocycles. The van der Waals surface area contributed by atoms with Gasteiger partial charge in [-0.05, 0) is 32.3 Å². The molecule has 0 N–H and O–H groups in total. The summed E-state index contributed by atoms with van der Waals surface area (Å²) in [6.07, 6.45) is 15.2. The lowest BCUT2D eigenvalue weighted by molar-refractivity contribution is 0.127. The molecule has 4 rings (SSSR count). The molecule has 1 aliphatic heterocycles. The average Bonchev–Trinajstić information content (AvgIpc) is 3.09. The maximum atomic E-state index is 12.9. The number of hydrogen-bond acceptors (Lipinski definition) is 7. The Morgan fingerprint density at radius 2 is 2.03 bits per heavy atom. The summed E-state index contributed by atoms with van der Waals surface area (Å²) >= 11 is 5.32. The fourth-order valence-corrected chi connectivity index (χ4v) is 4.47. The van der Waals surface area contributed by atoms with Crippen molar-refractivity contribution in [3.63, 3.8) is 0 Å². The number of imidazole rings is 1. The monoisotopic (exact) mass is 580 g/mol. The molecule has 0 amide bonds. The Bertz CT molecular complexity index is 1100. The minimum atomic E-state index is -2.71. The summed E-state index contributed by atoms with van der Waals surface area (Å²) in [7, 11) is 0. The molecule has 1 fully saturated rings. The maximum Gasteiger partial charge on any atom is 0.288 e. The summed E-state index contributed by atoms with van der Waals surface area (Å²) in [6.45, 7) is 14.7. The summed E-state index contributed by atoms with van der Waals surface area (Å²) in [5, 5.41) is 6.18. The van der Waals surface area contributed by atoms with E-state index >= 15 is 0 Å². The van der Waals surface area contributed by atoms with Gasteiger partial charge in [-0.15, -0.1) is 17.7 Å². The lowest BCUT2D eigenvalue weighted by Crippen LogP contribution is -2.17. The van der Waals surface area contributed by atoms with Crippen molar-refractivity contribution in [1.82, 2.24) is 9.38 Å². The molecule has 2 aromatic heterocycles. The van der Waals surface area contributed by atoms with Gasteiger partial charge in [-0.3, -0.25) is 4.40 Å². The van der Waals surface area contributed by atoms with Crippen LogP contribution in [-0.4, -0.2) is 46.9 Å². The number of ether oxygens (including phenoxy) is 2. The van der Waals surface area contributed by atoms with E-state index in [1.807, 2.05) is 38.2 Å². The first-order valence-electron chi connectivity index (χ1n) is 13.4. The fourth-order valence-electron chi connectivity index (χ4n) is 3.51. The summed E-state index contributed by atoms with van der Waals surface area (Å²) in [6, 6.07) is 1.84. The molecule has 1 atom stereocenters. The molecular formula is C29H42F2N4O2S2. The minimum absolute atomic E-state index is 0.0652. The SMILES string of the molecule is C=N/N=C(\SCc1ncc2c(OC3CCCOCC3)cc(S)cn12)C(F)F.CC.CC.CC1=CCC=CC=C1. The van der Waals surface area contributed by atoms with Crippen LogP contribution in [0.15, 0.2) is 69.5 Å². The van der Waals surface area contributed by atoms with Crippen LogP contribution in [0, 0.1) is 0 Å². The smallest absolute Gasteiger partial charge is 0.288 e. The molecule has 2 aliphatic rings. The van der Waals surface area contributed by atoms with Crippen LogP contribution in [-0.2, 0) is 10.5 Å². The molecule has 0 radical (unpaired) electrons. The number of thioether (sulfide) groups is 1. The maximum absolute atomic E-state index is 12.9. The Morgan fingerprint density at radius 1 is 1.26 bits per heavy atom. The summed E-state index contributed by atoms with van der Waals surface area (Å²) in [5.41, 5.74) is 2.13. The van der Waals surface area contributed by atoms with E-state index in [9.17, 15) is 8.78 Å². The average molecular weight is 581 g/mol. The second kappa shape index (κ2) is 20.5. The summed E-state index contributed by atoms with van der Waals surface area (Å²) < 4.78 is 39.3. The van der Waals surface area contributed by atoms with E-state index in [4.69, 9.17) is 9.47 Å². The van der Waals surface area contributed by atoms with Gasteiger partial charge in [0.1, 0.15) is 23.2 Å². The zero-order valence-corrected chi connectivity index (χ0v) is 25.4. The number of halogens is 2. The fraction of sp³-hybridized carbons (Fsp3) is 0.483. The van der Waals surface area contributed by atoms with Crippen molar-refractivity contribution in [1.29, 1.82) is 0 Å². The van der Waals surface area contributed by atoms with Crippen molar-refractivity contribution in [2.75, 3.05) is 13.2 Å². The van der Waals surface area contributed by atoms with Gasteiger partial charge in [-0.1, -0.05) is 75.4 Å². The zero-order chi connectivity index (χ0) is 29.0. The van der Waals surface area contributed by atoms with Gasteiger partial charge in [-0.25, -0.2) is 13.8 Å². The van der Waals surface area contributed by atoms with Crippen LogP contribution in [0.5, 0.6) is 5.75 Å². The van der Waals surface area contributed by atoms with Gasteiger partial charge in [0.2, 0.25) is 0 Å². The lowest BCUT2D eigenvalue weighted by atomic mass is 10.1. The highest BCUT2D eigenvalue weighted by Gasteiger charge is 2.19. The normalized spacial score (nSPS) is 16.9. The highest BCUT2D eigenvalue weighted by atomic mass is 32.2. The predicted octanol–water partition coefficient (Wildman–Crippen LogP) is 8.58. The number of thiol groups is 1. The van der Waals surface area contributed by atoms with Crippen molar-refractivity contribution in [3.05, 3.63) is 60.2 Å². The van der Waals surface area contributed by atoms with Crippen LogP contribution in [0.25, 0.3) is 5.52 Å². The van der Waals surface area contributed by atoms with Crippen molar-refractivity contribution < 1.29 is 18.3 Å². The van der Waals surface area contributed by atoms with E-state index in [1.165, 1.54) is 5.57 Å². The minimum Gasteiger partial charge on any atom is -0.488 e. The molecule has 39 heavy (non-hydrogen) atoms. The van der Waals surface area contributed by atoms with Crippen molar-refractivity contribution in [2.45, 2.75) is 83.5 Å². The number of hydrogen-bond donors (Lipinski definition) is 1. The molecule has 2 aromatic rings. The van der Waals surface area contributed by atoms with E-state index in [0.717, 1.165) is 49.6 Å². The Hall–Kier alpha value is -2.43. The zero-order valence-electron chi connectivity index (χ0n) is 23.6. The van der Waals surface area contributed by atoms with Crippen LogP contribution in [0.4, 0.5) is 8.78 Å². The topological polar surface area (TPSA) is 60.5 Å². The number of aromatic nitrogens is 2. The van der Waals surface area contributed by atoms with E-state index in [0.29, 0.717) is 23.1 Å². The first kappa shape index (κ1) is 34.6. The lowest BCUT2D eigenvalue weighted by Gasteiger charge is -2.17. The Labute approximate surface area is 241 Å². The second-order valence-corrected chi connectivity index (χ2v) is 9.43. The Morgan fingerprint density at radius 3 is 2.74 bits per heavy atom. The molecule has 10 heteroatoms. The Balaban J connectivity index is 0.000000532. The van der Waals surface area contributed by atoms with Crippen LogP contribution in [0.3, 0.4) is 0 Å². The van der Waals surface area contributed by atoms with Crippen LogP contribution in [0.1, 0.15) is 66.1 Å². The molecule has 1 unspecified atom stereocenters. The number of alkyl halides is 2. The van der Waals surface area contributed by atoms with Gasteiger partial charge in [0.25, 0.3) is 6.43 Å². The third-order valence-corrected chi connectivity index (χ3v) is 6.45. The summed E-state index contributed by atoms with van der Waals surface area (Å²) in [4.78, 5) is 5.05. The molecule has 3 heterocycles. The molecular weight excluding hydrogens is 538 g/mol. The van der Waals surface area contributed by atoms with Gasteiger partial charge in [-0.2, -0.15) is 5.10 Å². The van der Waals surface area contributed by atoms with Crippen molar-refractivity contribution >= 4 is 41.7 Å². The molecule has 1 aliphatic carbocycles. The molecule has 1 saturated heterocycles. The van der Waals surface area contributed by atoms with E-state index < -0.39 is 11.5 Å². The third kappa shape index (κ3) is 12.5. The number of pyridine rings is 1. The second-order valence-electron chi connectivity index (χ2n) is 7.92. The molecule has 0 aromatic carbocycles. The molecule has 6 nitrogen and oxygen atoms in total. The standard InChI is InChI=1S/C17H20F2N4O2S2.C8H10.2C2H6/c1-20-22-17(16(18)19)27-10-15-21-8-13-14(7-12(26)9-23(13)15)25-11-3-2-5-24-6-4-11;1-8-6-4-2-3-5-7-8;2*1-2/h7-9,11,16,26H,1-6,10H2;2-4,6-7H,5H2,1H3;2*1-2H3/b22-17-;;;. The van der Waals surface area contributed by atoms with E-state index in [1.54, 1.807) is 12.4 Å². The van der Waals surface area contributed by atoms with Crippen molar-refractivity contribution in [3.8, 4) is 5.75 Å². The summed E-state index contributed by atoms with van der Waals surface area (Å²) in [5.74, 6) is 1.48. The Kier molecular flexibility index (Phi) is 18.2. The van der Waals surface area contributed by atoms with Gasteiger partial charge in [0.05, 0.1) is 18.6 Å². The number of rotatable bonds is 6. The number of nitrogens with zero attached hydrogens (tertiary/aromatic N) is 4. The third-order valence-electron chi connectivity index (χ3n) is 5.25. The number of fused-ring (bicyclic) bond motifs is 1. The van der Waals surface area contributed by atoms with Gasteiger partial charge >= 0.3 is 0 Å². The predicted molar refractivity (Wildman–Crippen MR) is 165 cm³/mol. The first-order valence-corrected chi connectivity index (χ1v) is 14.8. The van der Waals surface area contributed by atoms with Crippen LogP contribution in [0.2, 0.25) is 0 Å². The number of allylic oxidation sites excluding steroid dienone is 6. The van der Waals surface area contributed by atoms with Crippen LogP contribution < -0.4 is 4.74 Å². The first-order chi connectivity index (χ1) is 19.0. The van der Waals surface area contributed by atoms with E-state index in [-0.39, 0.29) is 11.9 Å². The van der Waals surface area contributed by atoms with Gasteiger partial charge in [0, 0.05) is 30.8 Å². The highest BCUT2D eigenvalue weighted by molar-refractivity contribution is 8.13. The molecule has 216 valence electrons. The molecule has 0 spiro atoms. The van der Waals surface area contributed by atoms with E-state index in [2.05, 4.69) is 71.8 Å². The highest BCUT2D eigenvalue weighted by Crippen LogP contribution is 2.29.